The molecule has 0 radical (unpaired) electrons. The molecule has 0 spiro atoms. The van der Waals surface area contributed by atoms with E-state index in [1.165, 1.54) is 30.4 Å². The number of halogens is 1. The summed E-state index contributed by atoms with van der Waals surface area (Å²) in [6.07, 6.45) is 5.17. The number of hydrogen-bond acceptors (Lipinski definition) is 5. The zero-order chi connectivity index (χ0) is 18.5. The third-order valence-corrected chi connectivity index (χ3v) is 5.07. The molecule has 2 saturated heterocycles. The number of thiocarbonyl (C=S) groups is 1. The number of amides is 2. The molecular formula is C18H21ClN4O2S. The zero-order valence-electron chi connectivity index (χ0n) is 14.4. The van der Waals surface area contributed by atoms with Gasteiger partial charge in [-0.1, -0.05) is 18.0 Å². The molecule has 0 aromatic heterocycles. The minimum absolute atomic E-state index is 0.0697. The van der Waals surface area contributed by atoms with Crippen LogP contribution in [-0.4, -0.2) is 54.2 Å². The first-order valence-corrected chi connectivity index (χ1v) is 9.51. The van der Waals surface area contributed by atoms with E-state index in [1.54, 1.807) is 24.3 Å². The van der Waals surface area contributed by atoms with Gasteiger partial charge in [0.15, 0.2) is 11.0 Å². The quantitative estimate of drug-likeness (QED) is 0.474. The summed E-state index contributed by atoms with van der Waals surface area (Å²) in [5.41, 5.74) is 0.566. The summed E-state index contributed by atoms with van der Waals surface area (Å²) >= 11 is 11.1. The maximum atomic E-state index is 12.8. The Labute approximate surface area is 163 Å². The SMILES string of the molecule is O=C1NC(=S)N(c2ccc(Cl)cc2)C(=O)[C@@H]1C=NCCN1CCCCC1. The zero-order valence-corrected chi connectivity index (χ0v) is 15.9. The average Bonchev–Trinajstić information content (AvgIpc) is 2.63. The van der Waals surface area contributed by atoms with E-state index in [0.717, 1.165) is 19.6 Å². The fraction of sp³-hybridized carbons (Fsp3) is 0.444. The van der Waals surface area contributed by atoms with Crippen LogP contribution in [0.4, 0.5) is 5.69 Å². The number of nitrogens with zero attached hydrogens (tertiary/aromatic N) is 3. The average molecular weight is 393 g/mol. The van der Waals surface area contributed by atoms with E-state index in [0.29, 0.717) is 17.3 Å². The highest BCUT2D eigenvalue weighted by atomic mass is 35.5. The lowest BCUT2D eigenvalue weighted by atomic mass is 10.1. The van der Waals surface area contributed by atoms with Crippen molar-refractivity contribution in [3.63, 3.8) is 0 Å². The summed E-state index contributed by atoms with van der Waals surface area (Å²) in [4.78, 5) is 32.9. The molecule has 2 aliphatic heterocycles. The van der Waals surface area contributed by atoms with Gasteiger partial charge in [0.25, 0.3) is 5.91 Å². The molecule has 26 heavy (non-hydrogen) atoms. The summed E-state index contributed by atoms with van der Waals surface area (Å²) in [5, 5.41) is 3.21. The Morgan fingerprint density at radius 1 is 1.19 bits per heavy atom. The monoisotopic (exact) mass is 392 g/mol. The second-order valence-electron chi connectivity index (χ2n) is 6.38. The van der Waals surface area contributed by atoms with Crippen LogP contribution in [0, 0.1) is 5.92 Å². The van der Waals surface area contributed by atoms with Gasteiger partial charge in [-0.05, 0) is 62.4 Å². The molecule has 0 unspecified atom stereocenters. The standard InChI is InChI=1S/C18H21ClN4O2S/c19-13-4-6-14(7-5-13)23-17(25)15(16(24)21-18(23)26)12-20-8-11-22-9-2-1-3-10-22/h4-7,12,15H,1-3,8-11H2,(H,21,24,26)/t15-/m1/s1. The van der Waals surface area contributed by atoms with E-state index < -0.39 is 17.7 Å². The van der Waals surface area contributed by atoms with Crippen LogP contribution in [0.15, 0.2) is 29.3 Å². The summed E-state index contributed by atoms with van der Waals surface area (Å²) in [7, 11) is 0. The molecule has 2 heterocycles. The molecule has 138 valence electrons. The van der Waals surface area contributed by atoms with Crippen molar-refractivity contribution in [2.24, 2.45) is 10.9 Å². The molecule has 6 nitrogen and oxygen atoms in total. The van der Waals surface area contributed by atoms with Crippen molar-refractivity contribution in [3.8, 4) is 0 Å². The van der Waals surface area contributed by atoms with Crippen molar-refractivity contribution >= 4 is 52.6 Å². The Kier molecular flexibility index (Phi) is 6.34. The molecule has 0 bridgehead atoms. The van der Waals surface area contributed by atoms with Crippen LogP contribution < -0.4 is 10.2 Å². The Morgan fingerprint density at radius 2 is 1.88 bits per heavy atom. The fourth-order valence-corrected chi connectivity index (χ4v) is 3.54. The molecular weight excluding hydrogens is 372 g/mol. The van der Waals surface area contributed by atoms with Crippen molar-refractivity contribution in [3.05, 3.63) is 29.3 Å². The summed E-state index contributed by atoms with van der Waals surface area (Å²) in [6, 6.07) is 6.72. The van der Waals surface area contributed by atoms with E-state index in [1.807, 2.05) is 0 Å². The van der Waals surface area contributed by atoms with Crippen LogP contribution in [0.2, 0.25) is 5.02 Å². The first-order chi connectivity index (χ1) is 12.6. The van der Waals surface area contributed by atoms with Crippen molar-refractivity contribution in [1.82, 2.24) is 10.2 Å². The molecule has 1 N–H and O–H groups in total. The van der Waals surface area contributed by atoms with Gasteiger partial charge < -0.3 is 10.2 Å². The Hall–Kier alpha value is -1.83. The van der Waals surface area contributed by atoms with Gasteiger partial charge in [-0.15, -0.1) is 0 Å². The molecule has 2 amide bonds. The molecule has 2 fully saturated rings. The highest BCUT2D eigenvalue weighted by molar-refractivity contribution is 7.80. The summed E-state index contributed by atoms with van der Waals surface area (Å²) in [6.45, 7) is 3.61. The molecule has 0 aliphatic carbocycles. The predicted octanol–water partition coefficient (Wildman–Crippen LogP) is 2.26. The van der Waals surface area contributed by atoms with Gasteiger partial charge in [-0.2, -0.15) is 0 Å². The van der Waals surface area contributed by atoms with Crippen LogP contribution >= 0.6 is 23.8 Å². The normalized spacial score (nSPS) is 22.1. The van der Waals surface area contributed by atoms with E-state index in [-0.39, 0.29) is 5.11 Å². The highest BCUT2D eigenvalue weighted by Crippen LogP contribution is 2.22. The largest absolute Gasteiger partial charge is 0.302 e. The van der Waals surface area contributed by atoms with E-state index >= 15 is 0 Å². The predicted molar refractivity (Wildman–Crippen MR) is 107 cm³/mol. The first-order valence-electron chi connectivity index (χ1n) is 8.73. The molecule has 0 saturated carbocycles. The maximum Gasteiger partial charge on any atom is 0.251 e. The lowest BCUT2D eigenvalue weighted by molar-refractivity contribution is -0.130. The second kappa shape index (κ2) is 8.70. The molecule has 1 aromatic rings. The van der Waals surface area contributed by atoms with Crippen LogP contribution in [0.25, 0.3) is 0 Å². The van der Waals surface area contributed by atoms with Gasteiger partial charge in [0.1, 0.15) is 0 Å². The number of likely N-dealkylation sites (tertiary alicyclic amines) is 1. The maximum absolute atomic E-state index is 12.8. The van der Waals surface area contributed by atoms with Gasteiger partial charge in [0.2, 0.25) is 5.91 Å². The Morgan fingerprint density at radius 3 is 2.58 bits per heavy atom. The molecule has 3 rings (SSSR count). The number of aliphatic imine (C=N–C) groups is 1. The number of rotatable bonds is 5. The number of benzene rings is 1. The van der Waals surface area contributed by atoms with Crippen molar-refractivity contribution < 1.29 is 9.59 Å². The van der Waals surface area contributed by atoms with Gasteiger partial charge >= 0.3 is 0 Å². The topological polar surface area (TPSA) is 65.0 Å². The molecule has 1 aromatic carbocycles. The smallest absolute Gasteiger partial charge is 0.251 e. The number of piperidine rings is 1. The minimum Gasteiger partial charge on any atom is -0.302 e. The van der Waals surface area contributed by atoms with E-state index in [2.05, 4.69) is 15.2 Å². The summed E-state index contributed by atoms with van der Waals surface area (Å²) in [5.74, 6) is -1.81. The number of hydrogen-bond donors (Lipinski definition) is 1. The molecule has 8 heteroatoms. The Bertz CT molecular complexity index is 716. The van der Waals surface area contributed by atoms with Crippen LogP contribution in [0.3, 0.4) is 0 Å². The van der Waals surface area contributed by atoms with Gasteiger partial charge in [0.05, 0.1) is 12.2 Å². The van der Waals surface area contributed by atoms with Gasteiger partial charge in [-0.3, -0.25) is 19.5 Å². The van der Waals surface area contributed by atoms with Crippen molar-refractivity contribution in [1.29, 1.82) is 0 Å². The number of nitrogens with one attached hydrogen (secondary N) is 1. The van der Waals surface area contributed by atoms with E-state index in [4.69, 9.17) is 23.8 Å². The van der Waals surface area contributed by atoms with Crippen molar-refractivity contribution in [2.45, 2.75) is 19.3 Å². The van der Waals surface area contributed by atoms with Crippen LogP contribution in [0.1, 0.15) is 19.3 Å². The third kappa shape index (κ3) is 4.47. The number of carbonyl (C=O) groups is 2. The number of carbonyl (C=O) groups excluding carboxylic acids is 2. The second-order valence-corrected chi connectivity index (χ2v) is 7.20. The van der Waals surface area contributed by atoms with Gasteiger partial charge in [-0.25, -0.2) is 0 Å². The number of anilines is 1. The minimum atomic E-state index is -0.973. The third-order valence-electron chi connectivity index (χ3n) is 4.54. The van der Waals surface area contributed by atoms with Crippen LogP contribution in [0.5, 0.6) is 0 Å². The van der Waals surface area contributed by atoms with Gasteiger partial charge in [0, 0.05) is 17.8 Å². The van der Waals surface area contributed by atoms with Crippen molar-refractivity contribution in [2.75, 3.05) is 31.1 Å². The molecule has 2 aliphatic rings. The lowest BCUT2D eigenvalue weighted by Crippen LogP contribution is -2.58. The van der Waals surface area contributed by atoms with E-state index in [9.17, 15) is 9.59 Å². The highest BCUT2D eigenvalue weighted by Gasteiger charge is 2.38. The first kappa shape index (κ1) is 18.9. The molecule has 1 atom stereocenters. The fourth-order valence-electron chi connectivity index (χ4n) is 3.12. The Balaban J connectivity index is 1.65. The summed E-state index contributed by atoms with van der Waals surface area (Å²) < 4.78 is 0. The van der Waals surface area contributed by atoms with Crippen LogP contribution in [-0.2, 0) is 9.59 Å². The lowest BCUT2D eigenvalue weighted by Gasteiger charge is -2.31.